The number of hydrogen-bond acceptors (Lipinski definition) is 5. The molecule has 1 aliphatic carbocycles. The molecule has 0 radical (unpaired) electrons. The number of carbonyl (C=O) groups excluding carboxylic acids is 2. The molecule has 0 aromatic heterocycles. The van der Waals surface area contributed by atoms with E-state index in [4.69, 9.17) is 14.6 Å². The van der Waals surface area contributed by atoms with Gasteiger partial charge >= 0.3 is 12.1 Å². The molecule has 8 nitrogen and oxygen atoms in total. The summed E-state index contributed by atoms with van der Waals surface area (Å²) in [5.41, 5.74) is -0.288. The summed E-state index contributed by atoms with van der Waals surface area (Å²) in [6.45, 7) is 2.33. The van der Waals surface area contributed by atoms with Gasteiger partial charge in [0.1, 0.15) is 6.61 Å². The van der Waals surface area contributed by atoms with Crippen molar-refractivity contribution in [2.24, 2.45) is 0 Å². The molecule has 166 valence electrons. The molecule has 1 saturated carbocycles. The third-order valence-corrected chi connectivity index (χ3v) is 4.49. The molecule has 1 fully saturated rings. The van der Waals surface area contributed by atoms with E-state index in [0.29, 0.717) is 32.7 Å². The van der Waals surface area contributed by atoms with E-state index in [-0.39, 0.29) is 24.0 Å². The fraction of sp³-hybridized carbons (Fsp3) is 0.722. The van der Waals surface area contributed by atoms with Crippen LogP contribution in [0.2, 0.25) is 0 Å². The molecule has 11 heteroatoms. The minimum absolute atomic E-state index is 0.0544. The van der Waals surface area contributed by atoms with Crippen molar-refractivity contribution >= 4 is 17.8 Å². The second-order valence-electron chi connectivity index (χ2n) is 6.91. The summed E-state index contributed by atoms with van der Waals surface area (Å²) in [4.78, 5) is 32.9. The standard InChI is InChI=1S/C16H27N3O3.C2HF3O2/c20-14-6-10-17-9-4-5-11-22-12-15(21)18-13-16(19-14)7-2-1-3-8-16;3-2(4,5)1(6)7/h4-5,17H,1-3,6-13H2,(H,18,21)(H,19,20);(H,6,7)/b5-4+;. The lowest BCUT2D eigenvalue weighted by atomic mass is 9.81. The second kappa shape index (κ2) is 12.4. The molecule has 2 rings (SSSR count). The Bertz CT molecular complexity index is 576. The first-order valence-electron chi connectivity index (χ1n) is 9.46. The van der Waals surface area contributed by atoms with Crippen molar-refractivity contribution in [2.75, 3.05) is 32.8 Å². The van der Waals surface area contributed by atoms with E-state index in [1.807, 2.05) is 12.2 Å². The van der Waals surface area contributed by atoms with Gasteiger partial charge in [-0.25, -0.2) is 4.79 Å². The fourth-order valence-electron chi connectivity index (χ4n) is 3.01. The van der Waals surface area contributed by atoms with E-state index in [9.17, 15) is 22.8 Å². The first-order valence-corrected chi connectivity index (χ1v) is 9.46. The molecular formula is C18H28F3N3O5. The van der Waals surface area contributed by atoms with Crippen LogP contribution in [0.3, 0.4) is 0 Å². The van der Waals surface area contributed by atoms with Gasteiger partial charge < -0.3 is 25.8 Å². The molecule has 1 spiro atoms. The third-order valence-electron chi connectivity index (χ3n) is 4.49. The normalized spacial score (nSPS) is 22.7. The van der Waals surface area contributed by atoms with E-state index in [1.165, 1.54) is 6.42 Å². The Morgan fingerprint density at radius 2 is 1.76 bits per heavy atom. The van der Waals surface area contributed by atoms with Crippen molar-refractivity contribution in [3.63, 3.8) is 0 Å². The molecule has 0 atom stereocenters. The Kier molecular flexibility index (Phi) is 10.7. The summed E-state index contributed by atoms with van der Waals surface area (Å²) >= 11 is 0. The molecule has 0 aromatic rings. The number of carboxylic acids is 1. The lowest BCUT2D eigenvalue weighted by molar-refractivity contribution is -0.192. The van der Waals surface area contributed by atoms with E-state index in [2.05, 4.69) is 16.0 Å². The monoisotopic (exact) mass is 423 g/mol. The molecular weight excluding hydrogens is 395 g/mol. The van der Waals surface area contributed by atoms with Crippen LogP contribution in [-0.2, 0) is 19.1 Å². The topological polar surface area (TPSA) is 117 Å². The quantitative estimate of drug-likeness (QED) is 0.434. The molecule has 1 aliphatic heterocycles. The SMILES string of the molecule is O=C(O)C(F)(F)F.O=C1COC/C=C/CNCCC(=O)NC2(CCCCC2)CN1. The smallest absolute Gasteiger partial charge is 0.475 e. The number of hydrogen-bond donors (Lipinski definition) is 4. The summed E-state index contributed by atoms with van der Waals surface area (Å²) < 4.78 is 37.0. The molecule has 0 aromatic carbocycles. The van der Waals surface area contributed by atoms with Gasteiger partial charge in [-0.1, -0.05) is 31.4 Å². The van der Waals surface area contributed by atoms with Gasteiger partial charge in [0.05, 0.1) is 12.1 Å². The van der Waals surface area contributed by atoms with Crippen LogP contribution < -0.4 is 16.0 Å². The summed E-state index contributed by atoms with van der Waals surface area (Å²) in [7, 11) is 0. The Labute approximate surface area is 167 Å². The molecule has 2 amide bonds. The van der Waals surface area contributed by atoms with Crippen molar-refractivity contribution in [1.29, 1.82) is 0 Å². The zero-order chi connectivity index (χ0) is 21.8. The van der Waals surface area contributed by atoms with Crippen molar-refractivity contribution in [2.45, 2.75) is 50.2 Å². The van der Waals surface area contributed by atoms with Gasteiger partial charge in [0.25, 0.3) is 0 Å². The maximum absolute atomic E-state index is 12.2. The Hall–Kier alpha value is -2.14. The summed E-state index contributed by atoms with van der Waals surface area (Å²) in [6, 6.07) is 0. The van der Waals surface area contributed by atoms with Gasteiger partial charge in [-0.15, -0.1) is 0 Å². The minimum atomic E-state index is -5.08. The van der Waals surface area contributed by atoms with Crippen LogP contribution >= 0.6 is 0 Å². The predicted octanol–water partition coefficient (Wildman–Crippen LogP) is 1.12. The second-order valence-corrected chi connectivity index (χ2v) is 6.91. The number of halogens is 3. The predicted molar refractivity (Wildman–Crippen MR) is 98.1 cm³/mol. The Balaban J connectivity index is 0.000000516. The molecule has 4 N–H and O–H groups in total. The van der Waals surface area contributed by atoms with E-state index in [0.717, 1.165) is 25.7 Å². The minimum Gasteiger partial charge on any atom is -0.475 e. The highest BCUT2D eigenvalue weighted by molar-refractivity contribution is 5.78. The highest BCUT2D eigenvalue weighted by Crippen LogP contribution is 2.27. The first-order chi connectivity index (χ1) is 13.6. The largest absolute Gasteiger partial charge is 0.490 e. The van der Waals surface area contributed by atoms with E-state index >= 15 is 0 Å². The highest BCUT2D eigenvalue weighted by atomic mass is 19.4. The van der Waals surface area contributed by atoms with Gasteiger partial charge in [-0.3, -0.25) is 9.59 Å². The Morgan fingerprint density at radius 3 is 2.38 bits per heavy atom. The van der Waals surface area contributed by atoms with Crippen LogP contribution in [0, 0.1) is 0 Å². The molecule has 1 heterocycles. The van der Waals surface area contributed by atoms with Gasteiger partial charge in [0, 0.05) is 26.1 Å². The van der Waals surface area contributed by atoms with Crippen LogP contribution in [0.1, 0.15) is 38.5 Å². The van der Waals surface area contributed by atoms with Crippen molar-refractivity contribution < 1.29 is 37.4 Å². The van der Waals surface area contributed by atoms with E-state index in [1.54, 1.807) is 0 Å². The molecule has 0 bridgehead atoms. The van der Waals surface area contributed by atoms with Crippen LogP contribution in [0.25, 0.3) is 0 Å². The van der Waals surface area contributed by atoms with Crippen molar-refractivity contribution in [1.82, 2.24) is 16.0 Å². The first kappa shape index (κ1) is 24.9. The molecule has 0 unspecified atom stereocenters. The number of ether oxygens (including phenoxy) is 1. The van der Waals surface area contributed by atoms with E-state index < -0.39 is 12.1 Å². The summed E-state index contributed by atoms with van der Waals surface area (Å²) in [6.07, 6.45) is 4.43. The van der Waals surface area contributed by atoms with Gasteiger partial charge in [0.2, 0.25) is 11.8 Å². The van der Waals surface area contributed by atoms with Gasteiger partial charge in [0.15, 0.2) is 0 Å². The van der Waals surface area contributed by atoms with Crippen LogP contribution in [0.5, 0.6) is 0 Å². The Morgan fingerprint density at radius 1 is 1.10 bits per heavy atom. The van der Waals surface area contributed by atoms with Crippen LogP contribution in [0.4, 0.5) is 13.2 Å². The fourth-order valence-corrected chi connectivity index (χ4v) is 3.01. The number of nitrogens with one attached hydrogen (secondary N) is 3. The average Bonchev–Trinajstić information content (AvgIpc) is 2.65. The average molecular weight is 423 g/mol. The van der Waals surface area contributed by atoms with Crippen LogP contribution in [-0.4, -0.2) is 67.5 Å². The van der Waals surface area contributed by atoms with Crippen molar-refractivity contribution in [3.05, 3.63) is 12.2 Å². The summed E-state index contributed by atoms with van der Waals surface area (Å²) in [5, 5.41) is 16.4. The number of rotatable bonds is 0. The third kappa shape index (κ3) is 10.8. The maximum Gasteiger partial charge on any atom is 0.490 e. The van der Waals surface area contributed by atoms with Crippen molar-refractivity contribution in [3.8, 4) is 0 Å². The van der Waals surface area contributed by atoms with Crippen LogP contribution in [0.15, 0.2) is 12.2 Å². The zero-order valence-corrected chi connectivity index (χ0v) is 16.1. The maximum atomic E-state index is 12.2. The number of amides is 2. The number of carbonyl (C=O) groups is 3. The zero-order valence-electron chi connectivity index (χ0n) is 16.1. The number of carboxylic acid groups (broad SMARTS) is 1. The number of aliphatic carboxylic acids is 1. The lowest BCUT2D eigenvalue weighted by Gasteiger charge is -2.38. The van der Waals surface area contributed by atoms with Gasteiger partial charge in [-0.05, 0) is 12.8 Å². The molecule has 2 aliphatic rings. The lowest BCUT2D eigenvalue weighted by Crippen LogP contribution is -2.57. The molecule has 29 heavy (non-hydrogen) atoms. The highest BCUT2D eigenvalue weighted by Gasteiger charge is 2.38. The summed E-state index contributed by atoms with van der Waals surface area (Å²) in [5.74, 6) is -2.83. The van der Waals surface area contributed by atoms with Gasteiger partial charge in [-0.2, -0.15) is 13.2 Å². The number of alkyl halides is 3. The molecule has 0 saturated heterocycles.